The minimum atomic E-state index is -1.10. The zero-order valence-corrected chi connectivity index (χ0v) is 14.9. The van der Waals surface area contributed by atoms with Crippen molar-refractivity contribution in [2.45, 2.75) is 25.5 Å². The summed E-state index contributed by atoms with van der Waals surface area (Å²) in [5, 5.41) is 21.0. The molecule has 9 heteroatoms. The van der Waals surface area contributed by atoms with Crippen molar-refractivity contribution in [3.8, 4) is 0 Å². The second kappa shape index (κ2) is 8.13. The number of rotatable bonds is 4. The maximum Gasteiger partial charge on any atom is 0.238 e. The van der Waals surface area contributed by atoms with Gasteiger partial charge in [-0.15, -0.1) is 17.5 Å². The van der Waals surface area contributed by atoms with E-state index < -0.39 is 6.41 Å². The van der Waals surface area contributed by atoms with E-state index in [1.807, 2.05) is 12.1 Å². The van der Waals surface area contributed by atoms with Crippen LogP contribution in [0.15, 0.2) is 36.7 Å². The number of aliphatic hydroxyl groups is 1. The lowest BCUT2D eigenvalue weighted by molar-refractivity contribution is -0.0924. The third-order valence-electron chi connectivity index (χ3n) is 4.54. The van der Waals surface area contributed by atoms with E-state index in [0.717, 1.165) is 25.1 Å². The Morgan fingerprint density at radius 2 is 2.27 bits per heavy atom. The molecule has 1 saturated heterocycles. The molecule has 2 atom stereocenters. The molecular weight excluding hydrogens is 361 g/mol. The molecule has 26 heavy (non-hydrogen) atoms. The quantitative estimate of drug-likeness (QED) is 0.833. The van der Waals surface area contributed by atoms with E-state index in [0.29, 0.717) is 24.3 Å². The maximum absolute atomic E-state index is 14.6. The molecule has 0 aliphatic carbocycles. The minimum Gasteiger partial charge on any atom is -0.351 e. The summed E-state index contributed by atoms with van der Waals surface area (Å²) in [6.07, 6.45) is 4.81. The van der Waals surface area contributed by atoms with Gasteiger partial charge in [0.25, 0.3) is 0 Å². The number of ether oxygens (including phenoxy) is 1. The Balaban J connectivity index is 0.00000196. The van der Waals surface area contributed by atoms with Gasteiger partial charge in [-0.3, -0.25) is 0 Å². The van der Waals surface area contributed by atoms with Gasteiger partial charge in [0.1, 0.15) is 5.82 Å². The first-order valence-corrected chi connectivity index (χ1v) is 8.34. The highest BCUT2D eigenvalue weighted by Gasteiger charge is 2.32. The summed E-state index contributed by atoms with van der Waals surface area (Å²) in [4.78, 5) is 1.64. The highest BCUT2D eigenvalue weighted by atomic mass is 35.5. The van der Waals surface area contributed by atoms with Crippen LogP contribution in [0.3, 0.4) is 0 Å². The van der Waals surface area contributed by atoms with Crippen LogP contribution in [0.5, 0.6) is 0 Å². The molecule has 1 unspecified atom stereocenters. The molecule has 1 aromatic heterocycles. The fraction of sp³-hybridized carbons (Fsp3) is 0.412. The van der Waals surface area contributed by atoms with Crippen LogP contribution in [0.1, 0.15) is 12.0 Å². The van der Waals surface area contributed by atoms with Crippen molar-refractivity contribution in [2.24, 2.45) is 0 Å². The van der Waals surface area contributed by atoms with E-state index in [4.69, 9.17) is 4.74 Å². The molecule has 3 heterocycles. The van der Waals surface area contributed by atoms with Crippen LogP contribution in [0.2, 0.25) is 0 Å². The van der Waals surface area contributed by atoms with Gasteiger partial charge in [-0.25, -0.2) is 9.07 Å². The summed E-state index contributed by atoms with van der Waals surface area (Å²) >= 11 is 0. The first kappa shape index (κ1) is 18.8. The van der Waals surface area contributed by atoms with Gasteiger partial charge >= 0.3 is 0 Å². The van der Waals surface area contributed by atoms with Crippen LogP contribution in [0.25, 0.3) is 5.57 Å². The Kier molecular flexibility index (Phi) is 5.87. The van der Waals surface area contributed by atoms with E-state index in [1.54, 1.807) is 28.0 Å². The lowest BCUT2D eigenvalue weighted by Crippen LogP contribution is -2.30. The van der Waals surface area contributed by atoms with Crippen molar-refractivity contribution < 1.29 is 14.2 Å². The summed E-state index contributed by atoms with van der Waals surface area (Å²) in [5.41, 5.74) is 2.24. The molecule has 0 amide bonds. The second-order valence-corrected chi connectivity index (χ2v) is 6.21. The van der Waals surface area contributed by atoms with Gasteiger partial charge < -0.3 is 20.1 Å². The summed E-state index contributed by atoms with van der Waals surface area (Å²) in [5.74, 6) is -0.280. The summed E-state index contributed by atoms with van der Waals surface area (Å²) in [6, 6.07) is 5.06. The maximum atomic E-state index is 14.6. The topological polar surface area (TPSA) is 75.4 Å². The molecule has 2 N–H and O–H groups in total. The Hall–Kier alpha value is -2.00. The number of halogens is 2. The summed E-state index contributed by atoms with van der Waals surface area (Å²) in [6.45, 7) is 2.55. The second-order valence-electron chi connectivity index (χ2n) is 6.21. The third-order valence-corrected chi connectivity index (χ3v) is 4.54. The standard InChI is InChI=1S/C17H20FN5O2.ClH/c18-16-9-13(1-2-15(16)12-3-5-19-6-4-12)23-11-14(25-17(23)24)10-22-8-7-20-21-22;/h1-3,7-9,14,17,19,24H,4-6,10-11H2;1H/t14-,17?;/m0./s1. The predicted octanol–water partition coefficient (Wildman–Crippen LogP) is 1.40. The molecule has 1 fully saturated rings. The van der Waals surface area contributed by atoms with Crippen LogP contribution in [0.4, 0.5) is 10.1 Å². The number of nitrogens with zero attached hydrogens (tertiary/aromatic N) is 4. The lowest BCUT2D eigenvalue weighted by Gasteiger charge is -2.22. The first-order chi connectivity index (χ1) is 12.2. The number of anilines is 1. The van der Waals surface area contributed by atoms with Crippen molar-refractivity contribution in [3.63, 3.8) is 0 Å². The van der Waals surface area contributed by atoms with Gasteiger partial charge in [0.15, 0.2) is 0 Å². The Bertz CT molecular complexity index is 771. The fourth-order valence-corrected chi connectivity index (χ4v) is 3.28. The van der Waals surface area contributed by atoms with Gasteiger partial charge in [0, 0.05) is 24.0 Å². The number of benzene rings is 1. The Morgan fingerprint density at radius 1 is 1.38 bits per heavy atom. The third kappa shape index (κ3) is 3.88. The molecule has 0 radical (unpaired) electrons. The van der Waals surface area contributed by atoms with Crippen molar-refractivity contribution in [1.82, 2.24) is 20.3 Å². The molecule has 4 rings (SSSR count). The molecule has 140 valence electrons. The zero-order chi connectivity index (χ0) is 17.2. The summed E-state index contributed by atoms with van der Waals surface area (Å²) in [7, 11) is 0. The molecule has 7 nitrogen and oxygen atoms in total. The number of hydrogen-bond acceptors (Lipinski definition) is 6. The molecule has 2 aliphatic heterocycles. The number of aromatic nitrogens is 3. The normalized spacial score (nSPS) is 22.8. The molecule has 0 saturated carbocycles. The van der Waals surface area contributed by atoms with Gasteiger partial charge in [-0.05, 0) is 36.7 Å². The fourth-order valence-electron chi connectivity index (χ4n) is 3.28. The predicted molar refractivity (Wildman–Crippen MR) is 97.4 cm³/mol. The van der Waals surface area contributed by atoms with Crippen molar-refractivity contribution in [2.75, 3.05) is 24.5 Å². The van der Waals surface area contributed by atoms with Crippen LogP contribution in [-0.4, -0.2) is 52.3 Å². The monoisotopic (exact) mass is 381 g/mol. The van der Waals surface area contributed by atoms with Crippen LogP contribution >= 0.6 is 12.4 Å². The molecule has 2 aromatic rings. The number of nitrogens with one attached hydrogen (secondary N) is 1. The Labute approximate surface area is 156 Å². The van der Waals surface area contributed by atoms with E-state index in [2.05, 4.69) is 15.6 Å². The molecule has 2 aliphatic rings. The minimum absolute atomic E-state index is 0. The van der Waals surface area contributed by atoms with Crippen LogP contribution in [0, 0.1) is 5.82 Å². The van der Waals surface area contributed by atoms with Crippen LogP contribution in [-0.2, 0) is 11.3 Å². The van der Waals surface area contributed by atoms with Gasteiger partial charge in [-0.1, -0.05) is 11.3 Å². The number of hydrogen-bond donors (Lipinski definition) is 2. The largest absolute Gasteiger partial charge is 0.351 e. The first-order valence-electron chi connectivity index (χ1n) is 8.34. The SMILES string of the molecule is Cl.OC1O[C@@H](Cn2ccnn2)CN1c1ccc(C2=CCNCC2)c(F)c1. The van der Waals surface area contributed by atoms with Crippen molar-refractivity contribution >= 4 is 23.7 Å². The van der Waals surface area contributed by atoms with Crippen molar-refractivity contribution in [1.29, 1.82) is 0 Å². The van der Waals surface area contributed by atoms with Crippen molar-refractivity contribution in [3.05, 3.63) is 48.0 Å². The van der Waals surface area contributed by atoms with E-state index in [9.17, 15) is 9.50 Å². The van der Waals surface area contributed by atoms with E-state index >= 15 is 0 Å². The average Bonchev–Trinajstić information content (AvgIpc) is 3.25. The molecule has 1 aromatic carbocycles. The van der Waals surface area contributed by atoms with E-state index in [-0.39, 0.29) is 24.3 Å². The highest BCUT2D eigenvalue weighted by Crippen LogP contribution is 2.29. The highest BCUT2D eigenvalue weighted by molar-refractivity contribution is 5.85. The van der Waals surface area contributed by atoms with Crippen LogP contribution < -0.4 is 10.2 Å². The molecule has 0 bridgehead atoms. The zero-order valence-electron chi connectivity index (χ0n) is 14.1. The molecule has 0 spiro atoms. The average molecular weight is 382 g/mol. The lowest BCUT2D eigenvalue weighted by atomic mass is 9.99. The number of aliphatic hydroxyl groups excluding tert-OH is 1. The summed E-state index contributed by atoms with van der Waals surface area (Å²) < 4.78 is 21.8. The van der Waals surface area contributed by atoms with E-state index in [1.165, 1.54) is 6.07 Å². The Morgan fingerprint density at radius 3 is 2.96 bits per heavy atom. The van der Waals surface area contributed by atoms with Gasteiger partial charge in [-0.2, -0.15) is 0 Å². The van der Waals surface area contributed by atoms with Gasteiger partial charge in [0.05, 0.1) is 25.4 Å². The van der Waals surface area contributed by atoms with Gasteiger partial charge in [0.2, 0.25) is 6.41 Å². The smallest absolute Gasteiger partial charge is 0.238 e. The molecular formula is C17H21ClFN5O2.